The first kappa shape index (κ1) is 12.6. The third kappa shape index (κ3) is 3.08. The standard InChI is InChI=1S/C14H13ClN2O/c1-2-11-8-10(9-13(15)16-11)14(18)17-12-6-4-3-5-7-12/h3-9H,2H2,1H3,(H,17,18). The highest BCUT2D eigenvalue weighted by atomic mass is 35.5. The van der Waals surface area contributed by atoms with Gasteiger partial charge in [0.25, 0.3) is 5.91 Å². The van der Waals surface area contributed by atoms with Gasteiger partial charge in [-0.2, -0.15) is 0 Å². The summed E-state index contributed by atoms with van der Waals surface area (Å²) in [6.45, 7) is 1.97. The fourth-order valence-corrected chi connectivity index (χ4v) is 1.81. The third-order valence-corrected chi connectivity index (χ3v) is 2.70. The van der Waals surface area contributed by atoms with Gasteiger partial charge < -0.3 is 5.32 Å². The Labute approximate surface area is 111 Å². The first-order chi connectivity index (χ1) is 8.69. The highest BCUT2D eigenvalue weighted by Crippen LogP contribution is 2.14. The monoisotopic (exact) mass is 260 g/mol. The van der Waals surface area contributed by atoms with Crippen molar-refractivity contribution in [1.82, 2.24) is 4.98 Å². The van der Waals surface area contributed by atoms with Crippen molar-refractivity contribution < 1.29 is 4.79 Å². The lowest BCUT2D eigenvalue weighted by Crippen LogP contribution is -2.12. The second-order valence-corrected chi connectivity index (χ2v) is 4.23. The van der Waals surface area contributed by atoms with Crippen LogP contribution in [-0.4, -0.2) is 10.9 Å². The number of para-hydroxylation sites is 1. The largest absolute Gasteiger partial charge is 0.322 e. The summed E-state index contributed by atoms with van der Waals surface area (Å²) in [7, 11) is 0. The van der Waals surface area contributed by atoms with E-state index in [-0.39, 0.29) is 5.91 Å². The Morgan fingerprint density at radius 1 is 1.28 bits per heavy atom. The minimum absolute atomic E-state index is 0.180. The maximum absolute atomic E-state index is 12.0. The fraction of sp³-hybridized carbons (Fsp3) is 0.143. The van der Waals surface area contributed by atoms with Gasteiger partial charge in [-0.1, -0.05) is 36.7 Å². The normalized spacial score (nSPS) is 10.1. The second kappa shape index (κ2) is 5.65. The van der Waals surface area contributed by atoms with E-state index in [0.29, 0.717) is 10.7 Å². The maximum Gasteiger partial charge on any atom is 0.255 e. The number of benzene rings is 1. The van der Waals surface area contributed by atoms with E-state index in [1.807, 2.05) is 37.3 Å². The molecule has 0 saturated carbocycles. The van der Waals surface area contributed by atoms with E-state index in [9.17, 15) is 4.79 Å². The van der Waals surface area contributed by atoms with Crippen molar-refractivity contribution in [2.45, 2.75) is 13.3 Å². The van der Waals surface area contributed by atoms with Crippen LogP contribution in [0.25, 0.3) is 0 Å². The Morgan fingerprint density at radius 2 is 2.00 bits per heavy atom. The lowest BCUT2D eigenvalue weighted by Gasteiger charge is -2.06. The van der Waals surface area contributed by atoms with Gasteiger partial charge in [0.15, 0.2) is 0 Å². The van der Waals surface area contributed by atoms with Crippen LogP contribution in [0.3, 0.4) is 0 Å². The molecule has 0 aliphatic carbocycles. The highest BCUT2D eigenvalue weighted by molar-refractivity contribution is 6.29. The van der Waals surface area contributed by atoms with Crippen molar-refractivity contribution in [2.75, 3.05) is 5.32 Å². The molecule has 2 aromatic rings. The molecule has 0 spiro atoms. The molecule has 1 aromatic heterocycles. The smallest absolute Gasteiger partial charge is 0.255 e. The van der Waals surface area contributed by atoms with Crippen LogP contribution in [-0.2, 0) is 6.42 Å². The fourth-order valence-electron chi connectivity index (χ4n) is 1.59. The van der Waals surface area contributed by atoms with Gasteiger partial charge in [0.05, 0.1) is 0 Å². The van der Waals surface area contributed by atoms with Gasteiger partial charge >= 0.3 is 0 Å². The second-order valence-electron chi connectivity index (χ2n) is 3.84. The Hall–Kier alpha value is -1.87. The summed E-state index contributed by atoms with van der Waals surface area (Å²) in [5.74, 6) is -0.180. The summed E-state index contributed by atoms with van der Waals surface area (Å²) < 4.78 is 0. The number of nitrogens with one attached hydrogen (secondary N) is 1. The molecule has 0 fully saturated rings. The highest BCUT2D eigenvalue weighted by Gasteiger charge is 2.08. The zero-order valence-electron chi connectivity index (χ0n) is 9.98. The van der Waals surface area contributed by atoms with Gasteiger partial charge in [-0.05, 0) is 30.7 Å². The third-order valence-electron chi connectivity index (χ3n) is 2.50. The first-order valence-electron chi connectivity index (χ1n) is 5.72. The summed E-state index contributed by atoms with van der Waals surface area (Å²) in [6, 6.07) is 12.6. The number of aryl methyl sites for hydroxylation is 1. The van der Waals surface area contributed by atoms with E-state index in [2.05, 4.69) is 10.3 Å². The van der Waals surface area contributed by atoms with Crippen molar-refractivity contribution in [1.29, 1.82) is 0 Å². The topological polar surface area (TPSA) is 42.0 Å². The number of carbonyl (C=O) groups is 1. The van der Waals surface area contributed by atoms with Gasteiger partial charge in [0.2, 0.25) is 0 Å². The lowest BCUT2D eigenvalue weighted by atomic mass is 10.2. The molecule has 0 unspecified atom stereocenters. The average molecular weight is 261 g/mol. The molecule has 0 aliphatic rings. The summed E-state index contributed by atoms with van der Waals surface area (Å²) in [5, 5.41) is 3.15. The molecule has 1 heterocycles. The van der Waals surface area contributed by atoms with E-state index in [4.69, 9.17) is 11.6 Å². The quantitative estimate of drug-likeness (QED) is 0.858. The number of hydrogen-bond acceptors (Lipinski definition) is 2. The number of anilines is 1. The molecule has 3 nitrogen and oxygen atoms in total. The lowest BCUT2D eigenvalue weighted by molar-refractivity contribution is 0.102. The molecule has 18 heavy (non-hydrogen) atoms. The van der Waals surface area contributed by atoms with E-state index < -0.39 is 0 Å². The molecule has 92 valence electrons. The number of aromatic nitrogens is 1. The molecular formula is C14H13ClN2O. The van der Waals surface area contributed by atoms with Crippen LogP contribution in [0.2, 0.25) is 5.15 Å². The van der Waals surface area contributed by atoms with Crippen LogP contribution in [0.15, 0.2) is 42.5 Å². The Morgan fingerprint density at radius 3 is 2.67 bits per heavy atom. The number of hydrogen-bond donors (Lipinski definition) is 1. The predicted octanol–water partition coefficient (Wildman–Crippen LogP) is 3.55. The number of nitrogens with zero attached hydrogens (tertiary/aromatic N) is 1. The van der Waals surface area contributed by atoms with E-state index in [1.165, 1.54) is 0 Å². The molecule has 0 bridgehead atoms. The van der Waals surface area contributed by atoms with E-state index >= 15 is 0 Å². The van der Waals surface area contributed by atoms with Gasteiger partial charge in [-0.15, -0.1) is 0 Å². The molecule has 1 aromatic carbocycles. The average Bonchev–Trinajstić information content (AvgIpc) is 2.39. The first-order valence-corrected chi connectivity index (χ1v) is 6.09. The minimum Gasteiger partial charge on any atom is -0.322 e. The van der Waals surface area contributed by atoms with Crippen LogP contribution in [0.1, 0.15) is 23.0 Å². The molecule has 1 N–H and O–H groups in total. The van der Waals surface area contributed by atoms with Crippen molar-refractivity contribution in [3.05, 3.63) is 58.9 Å². The van der Waals surface area contributed by atoms with E-state index in [0.717, 1.165) is 17.8 Å². The molecule has 1 amide bonds. The molecule has 0 radical (unpaired) electrons. The van der Waals surface area contributed by atoms with Crippen molar-refractivity contribution >= 4 is 23.2 Å². The molecule has 2 rings (SSSR count). The number of pyridine rings is 1. The van der Waals surface area contributed by atoms with Crippen molar-refractivity contribution in [3.63, 3.8) is 0 Å². The summed E-state index contributed by atoms with van der Waals surface area (Å²) in [6.07, 6.45) is 0.742. The Bertz CT molecular complexity index is 555. The van der Waals surface area contributed by atoms with Gasteiger partial charge in [0, 0.05) is 16.9 Å². The van der Waals surface area contributed by atoms with E-state index in [1.54, 1.807) is 12.1 Å². The van der Waals surface area contributed by atoms with Crippen LogP contribution < -0.4 is 5.32 Å². The molecule has 4 heteroatoms. The van der Waals surface area contributed by atoms with Crippen LogP contribution in [0, 0.1) is 0 Å². The minimum atomic E-state index is -0.180. The molecular weight excluding hydrogens is 248 g/mol. The summed E-state index contributed by atoms with van der Waals surface area (Å²) >= 11 is 5.88. The maximum atomic E-state index is 12.0. The van der Waals surface area contributed by atoms with Crippen LogP contribution in [0.4, 0.5) is 5.69 Å². The van der Waals surface area contributed by atoms with Crippen molar-refractivity contribution in [2.24, 2.45) is 0 Å². The SMILES string of the molecule is CCc1cc(C(=O)Nc2ccccc2)cc(Cl)n1. The van der Waals surface area contributed by atoms with Crippen molar-refractivity contribution in [3.8, 4) is 0 Å². The number of halogens is 1. The zero-order chi connectivity index (χ0) is 13.0. The number of carbonyl (C=O) groups excluding carboxylic acids is 1. The number of amides is 1. The Balaban J connectivity index is 2.21. The van der Waals surface area contributed by atoms with Gasteiger partial charge in [-0.3, -0.25) is 4.79 Å². The molecule has 0 saturated heterocycles. The summed E-state index contributed by atoms with van der Waals surface area (Å²) in [5.41, 5.74) is 2.09. The van der Waals surface area contributed by atoms with Gasteiger partial charge in [0.1, 0.15) is 5.15 Å². The Kier molecular flexibility index (Phi) is 3.95. The molecule has 0 atom stereocenters. The zero-order valence-corrected chi connectivity index (χ0v) is 10.7. The van der Waals surface area contributed by atoms with Crippen LogP contribution in [0.5, 0.6) is 0 Å². The number of rotatable bonds is 3. The predicted molar refractivity (Wildman–Crippen MR) is 73.0 cm³/mol. The van der Waals surface area contributed by atoms with Gasteiger partial charge in [-0.25, -0.2) is 4.98 Å². The van der Waals surface area contributed by atoms with Crippen LogP contribution >= 0.6 is 11.6 Å². The molecule has 0 aliphatic heterocycles. The summed E-state index contributed by atoms with van der Waals surface area (Å²) in [4.78, 5) is 16.2.